The summed E-state index contributed by atoms with van der Waals surface area (Å²) in [5.74, 6) is -7.61. The van der Waals surface area contributed by atoms with E-state index in [1.807, 2.05) is 62.3 Å². The van der Waals surface area contributed by atoms with Crippen LogP contribution in [0.25, 0.3) is 18.2 Å². The summed E-state index contributed by atoms with van der Waals surface area (Å²) in [7, 11) is 0. The third-order valence-corrected chi connectivity index (χ3v) is 14.0. The number of carbonyl (C=O) groups is 6. The Morgan fingerprint density at radius 3 is 1.01 bits per heavy atom. The lowest BCUT2D eigenvalue weighted by Crippen LogP contribution is -2.36. The normalized spacial score (nSPS) is 22.7. The van der Waals surface area contributed by atoms with Crippen LogP contribution in [-0.2, 0) is 0 Å². The van der Waals surface area contributed by atoms with Gasteiger partial charge in [0.25, 0.3) is 0 Å². The van der Waals surface area contributed by atoms with E-state index in [4.69, 9.17) is 14.2 Å². The number of hydrogen-bond donors (Lipinski definition) is 2. The van der Waals surface area contributed by atoms with Crippen molar-refractivity contribution in [2.75, 3.05) is 0 Å². The van der Waals surface area contributed by atoms with Crippen LogP contribution in [0.2, 0.25) is 0 Å². The molecule has 0 fully saturated rings. The zero-order chi connectivity index (χ0) is 51.1. The second-order valence-corrected chi connectivity index (χ2v) is 20.6. The van der Waals surface area contributed by atoms with Crippen LogP contribution < -0.4 is 14.2 Å². The zero-order valence-corrected chi connectivity index (χ0v) is 41.5. The van der Waals surface area contributed by atoms with Gasteiger partial charge in [0.1, 0.15) is 34.1 Å². The third-order valence-electron chi connectivity index (χ3n) is 14.0. The van der Waals surface area contributed by atoms with Crippen LogP contribution in [-0.4, -0.2) is 61.7 Å². The molecule has 11 nitrogen and oxygen atoms in total. The van der Waals surface area contributed by atoms with Crippen LogP contribution in [0, 0.1) is 0 Å². The van der Waals surface area contributed by atoms with Crippen LogP contribution in [0.3, 0.4) is 0 Å². The lowest BCUT2D eigenvalue weighted by Gasteiger charge is -2.35. The van der Waals surface area contributed by atoms with Crippen molar-refractivity contribution in [1.82, 2.24) is 0 Å². The van der Waals surface area contributed by atoms with Gasteiger partial charge in [-0.2, -0.15) is 0 Å². The summed E-state index contributed by atoms with van der Waals surface area (Å²) in [5, 5.41) is 24.2. The van der Waals surface area contributed by atoms with E-state index in [2.05, 4.69) is 18.2 Å². The van der Waals surface area contributed by atoms with E-state index in [1.165, 1.54) is 36.4 Å². The molecule has 2 N–H and O–H groups in total. The molecule has 3 heterocycles. The summed E-state index contributed by atoms with van der Waals surface area (Å²) in [6, 6.07) is 8.68. The Balaban J connectivity index is 1.20. The summed E-state index contributed by atoms with van der Waals surface area (Å²) in [4.78, 5) is 90.2. The SMILES string of the molecule is CC(C)=CCC[C@]1(C)C=Cc2c(ccc3c2C(=O)C(O)=C(C2=C(C4=C(O)C(=O)c5c(ccc6c5C=C[C@](C)(CCC=C(C)C)O6)C4=O)C(=O)c4ccc5c(c4C2=O)C=C[C@@](C)(CCC=C(C)C)O5)C3=O)O1. The van der Waals surface area contributed by atoms with Crippen LogP contribution in [0.5, 0.6) is 17.2 Å². The van der Waals surface area contributed by atoms with Gasteiger partial charge in [0.05, 0.1) is 11.1 Å². The van der Waals surface area contributed by atoms with Gasteiger partial charge in [0, 0.05) is 61.2 Å². The third kappa shape index (κ3) is 8.30. The van der Waals surface area contributed by atoms with Crippen molar-refractivity contribution in [3.63, 3.8) is 0 Å². The van der Waals surface area contributed by atoms with E-state index >= 15 is 19.2 Å². The number of hydrogen-bond acceptors (Lipinski definition) is 11. The van der Waals surface area contributed by atoms with Crippen molar-refractivity contribution in [3.05, 3.63) is 173 Å². The van der Waals surface area contributed by atoms with Crippen molar-refractivity contribution in [2.45, 2.75) is 118 Å². The largest absolute Gasteiger partial charge is 0.504 e. The molecule has 6 aliphatic rings. The molecule has 0 aromatic heterocycles. The highest BCUT2D eigenvalue weighted by molar-refractivity contribution is 6.42. The molecule has 0 spiro atoms. The summed E-state index contributed by atoms with van der Waals surface area (Å²) < 4.78 is 19.3. The number of aliphatic hydroxyl groups is 2. The minimum atomic E-state index is -1.17. The highest BCUT2D eigenvalue weighted by Crippen LogP contribution is 2.49. The Kier molecular flexibility index (Phi) is 12.0. The number of fused-ring (bicyclic) bond motifs is 9. The number of benzene rings is 3. The molecule has 3 aliphatic heterocycles. The smallest absolute Gasteiger partial charge is 0.229 e. The molecule has 0 amide bonds. The molecule has 0 saturated heterocycles. The highest BCUT2D eigenvalue weighted by Gasteiger charge is 2.49. The van der Waals surface area contributed by atoms with Crippen LogP contribution in [0.1, 0.15) is 180 Å². The number of ketones is 6. The van der Waals surface area contributed by atoms with Crippen molar-refractivity contribution in [2.24, 2.45) is 0 Å². The molecule has 0 unspecified atom stereocenters. The maximum atomic E-state index is 15.6. The number of rotatable bonds is 11. The van der Waals surface area contributed by atoms with Gasteiger partial charge >= 0.3 is 0 Å². The molecule has 0 radical (unpaired) electrons. The van der Waals surface area contributed by atoms with Gasteiger partial charge in [-0.05, 0) is 155 Å². The van der Waals surface area contributed by atoms with Gasteiger partial charge in [-0.3, -0.25) is 28.8 Å². The minimum absolute atomic E-state index is 0.175. The topological polar surface area (TPSA) is 171 Å². The Morgan fingerprint density at radius 1 is 0.423 bits per heavy atom. The first kappa shape index (κ1) is 48.4. The fourth-order valence-corrected chi connectivity index (χ4v) is 10.2. The second-order valence-electron chi connectivity index (χ2n) is 20.6. The predicted molar refractivity (Wildman–Crippen MR) is 272 cm³/mol. The molecule has 11 heteroatoms. The summed E-state index contributed by atoms with van der Waals surface area (Å²) in [5.41, 5.74) is -2.74. The molecular formula is C60H56O11. The fraction of sp³-hybridized carbons (Fsp3) is 0.300. The first-order valence-corrected chi connectivity index (χ1v) is 24.0. The van der Waals surface area contributed by atoms with Crippen molar-refractivity contribution < 1.29 is 53.2 Å². The zero-order valence-electron chi connectivity index (χ0n) is 41.5. The Bertz CT molecular complexity index is 3290. The van der Waals surface area contributed by atoms with E-state index in [0.29, 0.717) is 37.2 Å². The van der Waals surface area contributed by atoms with E-state index < -0.39 is 85.3 Å². The molecule has 0 bridgehead atoms. The van der Waals surface area contributed by atoms with Crippen LogP contribution >= 0.6 is 0 Å². The first-order valence-electron chi connectivity index (χ1n) is 24.0. The standard InChI is InChI=1S/C60H56O11/c1-31(2)13-10-25-58(7)28-22-34-40(69-58)19-16-37-43(34)53(64)47(49-52(63)39-18-21-42-36(45(39)55(66)57(49)68)24-30-60(9,71-42)27-12-15-33(5)6)46(50(37)61)48-51(62)38-17-20-41-35(44(38)54(65)56(48)67)23-29-59(8,70-41)26-11-14-32(3)4/h13-24,28-30,67-68H,10-12,25-27H2,1-9H3/t58-,59+,60-/m1/s1. The number of ether oxygens (including phenoxy) is 3. The van der Waals surface area contributed by atoms with Gasteiger partial charge in [-0.25, -0.2) is 0 Å². The number of allylic oxidation sites excluding steroid dienone is 12. The second kappa shape index (κ2) is 17.6. The Labute approximate surface area is 413 Å². The summed E-state index contributed by atoms with van der Waals surface area (Å²) >= 11 is 0. The van der Waals surface area contributed by atoms with E-state index in [-0.39, 0.29) is 55.8 Å². The van der Waals surface area contributed by atoms with Gasteiger partial charge in [-0.15, -0.1) is 0 Å². The van der Waals surface area contributed by atoms with E-state index in [9.17, 15) is 19.8 Å². The molecule has 3 aliphatic carbocycles. The first-order chi connectivity index (χ1) is 33.6. The summed E-state index contributed by atoms with van der Waals surface area (Å²) in [6.07, 6.45) is 20.5. The molecule has 3 aromatic carbocycles. The maximum Gasteiger partial charge on any atom is 0.229 e. The lowest BCUT2D eigenvalue weighted by molar-refractivity contribution is 0.0909. The minimum Gasteiger partial charge on any atom is -0.504 e. The van der Waals surface area contributed by atoms with E-state index in [1.54, 1.807) is 36.5 Å². The molecule has 71 heavy (non-hydrogen) atoms. The monoisotopic (exact) mass is 952 g/mol. The lowest BCUT2D eigenvalue weighted by atomic mass is 9.70. The maximum absolute atomic E-state index is 15.6. The van der Waals surface area contributed by atoms with Crippen molar-refractivity contribution >= 4 is 52.9 Å². The average molecular weight is 953 g/mol. The van der Waals surface area contributed by atoms with Gasteiger partial charge in [-0.1, -0.05) is 53.2 Å². The van der Waals surface area contributed by atoms with E-state index in [0.717, 1.165) is 29.6 Å². The Hall–Kier alpha value is -7.66. The van der Waals surface area contributed by atoms with Gasteiger partial charge < -0.3 is 24.4 Å². The quantitative estimate of drug-likeness (QED) is 0.175. The summed E-state index contributed by atoms with van der Waals surface area (Å²) in [6.45, 7) is 17.7. The number of carbonyl (C=O) groups excluding carboxylic acids is 6. The Morgan fingerprint density at radius 2 is 0.704 bits per heavy atom. The molecule has 9 rings (SSSR count). The van der Waals surface area contributed by atoms with Gasteiger partial charge in [0.15, 0.2) is 34.7 Å². The van der Waals surface area contributed by atoms with Crippen LogP contribution in [0.4, 0.5) is 0 Å². The van der Waals surface area contributed by atoms with Crippen molar-refractivity contribution in [3.8, 4) is 17.2 Å². The number of aliphatic hydroxyl groups excluding tert-OH is 2. The average Bonchev–Trinajstić information content (AvgIpc) is 3.30. The van der Waals surface area contributed by atoms with Crippen molar-refractivity contribution in [1.29, 1.82) is 0 Å². The molecule has 0 saturated carbocycles. The molecule has 3 aromatic rings. The molecule has 3 atom stereocenters. The fourth-order valence-electron chi connectivity index (χ4n) is 10.2. The molecular weight excluding hydrogens is 897 g/mol. The van der Waals surface area contributed by atoms with Gasteiger partial charge in [0.2, 0.25) is 11.6 Å². The molecule has 362 valence electrons. The predicted octanol–water partition coefficient (Wildman–Crippen LogP) is 12.9. The highest BCUT2D eigenvalue weighted by atomic mass is 16.5. The number of Topliss-reactive ketones (excluding diaryl/α,β-unsaturated/α-hetero) is 6. The van der Waals surface area contributed by atoms with Crippen LogP contribution in [0.15, 0.2) is 123 Å².